The fraction of sp³-hybridized carbons (Fsp3) is 0. The zero-order valence-electron chi connectivity index (χ0n) is 8.35. The molecule has 2 aromatic rings. The van der Waals surface area contributed by atoms with Gasteiger partial charge in [-0.2, -0.15) is 0 Å². The van der Waals surface area contributed by atoms with Crippen molar-refractivity contribution in [2.75, 3.05) is 0 Å². The number of hydrogen-bond acceptors (Lipinski definition) is 0. The van der Waals surface area contributed by atoms with Crippen LogP contribution in [-0.2, 0) is 0 Å². The Balaban J connectivity index is 2.11. The number of allylic oxidation sites excluding steroid dienone is 1. The molecule has 0 aromatic heterocycles. The first kappa shape index (κ1) is 8.49. The summed E-state index contributed by atoms with van der Waals surface area (Å²) in [7, 11) is 0. The predicted octanol–water partition coefficient (Wildman–Crippen LogP) is 3.68. The summed E-state index contributed by atoms with van der Waals surface area (Å²) in [4.78, 5) is 0. The van der Waals surface area contributed by atoms with Crippen LogP contribution in [0, 0.1) is 6.42 Å². The van der Waals surface area contributed by atoms with Crippen molar-refractivity contribution in [2.45, 2.75) is 0 Å². The molecule has 1 radical (unpaired) electrons. The van der Waals surface area contributed by atoms with Crippen LogP contribution in [0.4, 0.5) is 0 Å². The van der Waals surface area contributed by atoms with Crippen molar-refractivity contribution < 1.29 is 0 Å². The second-order valence-corrected chi connectivity index (χ2v) is 3.70. The smallest absolute Gasteiger partial charge is 0.0138 e. The monoisotopic (exact) mass is 191 g/mol. The van der Waals surface area contributed by atoms with Crippen LogP contribution < -0.4 is 0 Å². The van der Waals surface area contributed by atoms with E-state index in [1.165, 1.54) is 22.3 Å². The third kappa shape index (κ3) is 1.39. The Bertz CT molecular complexity index is 507. The predicted molar refractivity (Wildman–Crippen MR) is 63.4 cm³/mol. The van der Waals surface area contributed by atoms with Crippen molar-refractivity contribution in [1.29, 1.82) is 0 Å². The number of benzene rings is 2. The second-order valence-electron chi connectivity index (χ2n) is 3.70. The molecule has 1 aliphatic rings. The summed E-state index contributed by atoms with van der Waals surface area (Å²) in [6, 6.07) is 19.0. The zero-order chi connectivity index (χ0) is 10.1. The summed E-state index contributed by atoms with van der Waals surface area (Å²) in [5.74, 6) is 0. The molecule has 0 aliphatic heterocycles. The SMILES string of the molecule is [CH]1C=C(c2ccccc2)c2ccccc21. The van der Waals surface area contributed by atoms with E-state index in [-0.39, 0.29) is 0 Å². The van der Waals surface area contributed by atoms with Crippen LogP contribution in [0.25, 0.3) is 5.57 Å². The van der Waals surface area contributed by atoms with Crippen LogP contribution in [0.1, 0.15) is 16.7 Å². The molecular formula is C15H11. The van der Waals surface area contributed by atoms with Crippen molar-refractivity contribution in [1.82, 2.24) is 0 Å². The quantitative estimate of drug-likeness (QED) is 0.645. The van der Waals surface area contributed by atoms with Crippen LogP contribution in [0.2, 0.25) is 0 Å². The normalized spacial score (nSPS) is 13.5. The minimum Gasteiger partial charge on any atom is -0.0676 e. The van der Waals surface area contributed by atoms with Crippen LogP contribution in [-0.4, -0.2) is 0 Å². The fourth-order valence-electron chi connectivity index (χ4n) is 2.02. The van der Waals surface area contributed by atoms with Gasteiger partial charge in [0.25, 0.3) is 0 Å². The molecule has 0 heterocycles. The zero-order valence-corrected chi connectivity index (χ0v) is 8.35. The molecule has 0 fully saturated rings. The van der Waals surface area contributed by atoms with E-state index in [1.54, 1.807) is 0 Å². The van der Waals surface area contributed by atoms with E-state index >= 15 is 0 Å². The molecule has 0 bridgehead atoms. The van der Waals surface area contributed by atoms with Crippen molar-refractivity contribution in [3.05, 3.63) is 83.8 Å². The van der Waals surface area contributed by atoms with Gasteiger partial charge in [0.1, 0.15) is 0 Å². The van der Waals surface area contributed by atoms with Gasteiger partial charge >= 0.3 is 0 Å². The average Bonchev–Trinajstić information content (AvgIpc) is 2.74. The van der Waals surface area contributed by atoms with Gasteiger partial charge in [-0.25, -0.2) is 0 Å². The molecule has 2 aromatic carbocycles. The molecule has 0 heteroatoms. The molecule has 0 amide bonds. The van der Waals surface area contributed by atoms with Gasteiger partial charge < -0.3 is 0 Å². The van der Waals surface area contributed by atoms with Gasteiger partial charge in [-0.05, 0) is 22.3 Å². The lowest BCUT2D eigenvalue weighted by atomic mass is 9.99. The highest BCUT2D eigenvalue weighted by atomic mass is 14.2. The summed E-state index contributed by atoms with van der Waals surface area (Å²) < 4.78 is 0. The average molecular weight is 191 g/mol. The van der Waals surface area contributed by atoms with E-state index in [9.17, 15) is 0 Å². The number of fused-ring (bicyclic) bond motifs is 1. The molecule has 0 spiro atoms. The first-order valence-electron chi connectivity index (χ1n) is 5.15. The Morgan fingerprint density at radius 1 is 0.667 bits per heavy atom. The van der Waals surface area contributed by atoms with E-state index in [1.807, 2.05) is 0 Å². The first-order chi connectivity index (χ1) is 7.45. The van der Waals surface area contributed by atoms with Crippen LogP contribution in [0.15, 0.2) is 60.7 Å². The van der Waals surface area contributed by atoms with Gasteiger partial charge in [0, 0.05) is 6.42 Å². The van der Waals surface area contributed by atoms with Gasteiger partial charge in [-0.3, -0.25) is 0 Å². The van der Waals surface area contributed by atoms with Crippen molar-refractivity contribution in [3.63, 3.8) is 0 Å². The van der Waals surface area contributed by atoms with Gasteiger partial charge in [0.15, 0.2) is 0 Å². The van der Waals surface area contributed by atoms with E-state index in [0.717, 1.165) is 0 Å². The number of hydrogen-bond donors (Lipinski definition) is 0. The molecule has 0 nitrogen and oxygen atoms in total. The van der Waals surface area contributed by atoms with Gasteiger partial charge in [0.05, 0.1) is 0 Å². The van der Waals surface area contributed by atoms with Crippen LogP contribution in [0.3, 0.4) is 0 Å². The molecule has 0 unspecified atom stereocenters. The molecule has 0 N–H and O–H groups in total. The van der Waals surface area contributed by atoms with E-state index < -0.39 is 0 Å². The number of rotatable bonds is 1. The van der Waals surface area contributed by atoms with E-state index in [4.69, 9.17) is 0 Å². The van der Waals surface area contributed by atoms with Crippen LogP contribution in [0.5, 0.6) is 0 Å². The molecule has 15 heavy (non-hydrogen) atoms. The molecule has 0 saturated heterocycles. The fourth-order valence-corrected chi connectivity index (χ4v) is 2.02. The molecule has 0 saturated carbocycles. The summed E-state index contributed by atoms with van der Waals surface area (Å²) in [6.07, 6.45) is 4.37. The lowest BCUT2D eigenvalue weighted by molar-refractivity contribution is 1.52. The maximum absolute atomic E-state index is 2.19. The molecule has 3 rings (SSSR count). The van der Waals surface area contributed by atoms with Crippen molar-refractivity contribution in [3.8, 4) is 0 Å². The van der Waals surface area contributed by atoms with Gasteiger partial charge in [-0.15, -0.1) is 0 Å². The maximum atomic E-state index is 2.19. The molecule has 0 atom stereocenters. The summed E-state index contributed by atoms with van der Waals surface area (Å²) >= 11 is 0. The second kappa shape index (κ2) is 3.39. The first-order valence-corrected chi connectivity index (χ1v) is 5.15. The van der Waals surface area contributed by atoms with E-state index in [0.29, 0.717) is 0 Å². The molecule has 1 aliphatic carbocycles. The minimum absolute atomic E-state index is 1.29. The molecule has 71 valence electrons. The third-order valence-electron chi connectivity index (χ3n) is 2.77. The lowest BCUT2D eigenvalue weighted by Gasteiger charge is -2.05. The Labute approximate surface area is 89.9 Å². The maximum Gasteiger partial charge on any atom is 0.0138 e. The van der Waals surface area contributed by atoms with Crippen molar-refractivity contribution >= 4 is 5.57 Å². The molecular weight excluding hydrogens is 180 g/mol. The minimum atomic E-state index is 1.29. The summed E-state index contributed by atoms with van der Waals surface area (Å²) in [5.41, 5.74) is 5.27. The third-order valence-corrected chi connectivity index (χ3v) is 2.77. The van der Waals surface area contributed by atoms with Gasteiger partial charge in [-0.1, -0.05) is 60.7 Å². The lowest BCUT2D eigenvalue weighted by Crippen LogP contribution is -1.85. The standard InChI is InChI=1S/C15H11/c1-2-6-12(7-3-1)15-11-10-13-8-4-5-9-14(13)15/h1-11H. The van der Waals surface area contributed by atoms with Gasteiger partial charge in [0.2, 0.25) is 0 Å². The Morgan fingerprint density at radius 2 is 1.40 bits per heavy atom. The van der Waals surface area contributed by atoms with Crippen molar-refractivity contribution in [2.24, 2.45) is 0 Å². The highest BCUT2D eigenvalue weighted by molar-refractivity contribution is 5.86. The topological polar surface area (TPSA) is 0 Å². The highest BCUT2D eigenvalue weighted by Crippen LogP contribution is 2.33. The van der Waals surface area contributed by atoms with Crippen LogP contribution >= 0.6 is 0 Å². The largest absolute Gasteiger partial charge is 0.0676 e. The Morgan fingerprint density at radius 3 is 2.27 bits per heavy atom. The highest BCUT2D eigenvalue weighted by Gasteiger charge is 2.14. The van der Waals surface area contributed by atoms with E-state index in [2.05, 4.69) is 67.1 Å². The summed E-state index contributed by atoms with van der Waals surface area (Å²) in [5, 5.41) is 0. The Kier molecular flexibility index (Phi) is 1.92. The Hall–Kier alpha value is -1.82. The summed E-state index contributed by atoms with van der Waals surface area (Å²) in [6.45, 7) is 0.